The predicted octanol–water partition coefficient (Wildman–Crippen LogP) is 0.955. The number of aliphatic hydroxyl groups excluding tert-OH is 2. The number of rotatable bonds is 6. The summed E-state index contributed by atoms with van der Waals surface area (Å²) in [5.41, 5.74) is 0.727. The van der Waals surface area contributed by atoms with Crippen LogP contribution in [0.15, 0.2) is 18.2 Å². The fourth-order valence-corrected chi connectivity index (χ4v) is 1.76. The summed E-state index contributed by atoms with van der Waals surface area (Å²) in [6, 6.07) is 4.65. The van der Waals surface area contributed by atoms with Crippen LogP contribution < -0.4 is 4.74 Å². The summed E-state index contributed by atoms with van der Waals surface area (Å²) in [5.74, 6) is -0.695. The molecule has 0 heterocycles. The van der Waals surface area contributed by atoms with Crippen LogP contribution in [-0.2, 0) is 11.2 Å². The van der Waals surface area contributed by atoms with Crippen molar-refractivity contribution in [1.29, 1.82) is 0 Å². The minimum atomic E-state index is -1.24. The van der Waals surface area contributed by atoms with Crippen LogP contribution in [0.3, 0.4) is 0 Å². The summed E-state index contributed by atoms with van der Waals surface area (Å²) in [4.78, 5) is 10.7. The van der Waals surface area contributed by atoms with Crippen molar-refractivity contribution in [2.75, 3.05) is 13.0 Å². The van der Waals surface area contributed by atoms with Crippen LogP contribution in [0.25, 0.3) is 0 Å². The third-order valence-electron chi connectivity index (χ3n) is 2.54. The van der Waals surface area contributed by atoms with Crippen LogP contribution in [0.4, 0.5) is 0 Å². The van der Waals surface area contributed by atoms with Crippen molar-refractivity contribution in [1.82, 2.24) is 0 Å². The normalized spacial score (nSPS) is 14.0. The number of aliphatic hydroxyl groups is 2. The van der Waals surface area contributed by atoms with Crippen molar-refractivity contribution >= 4 is 17.6 Å². The van der Waals surface area contributed by atoms with Crippen molar-refractivity contribution in [3.63, 3.8) is 0 Å². The highest BCUT2D eigenvalue weighted by atomic mass is 35.5. The largest absolute Gasteiger partial charge is 0.497 e. The first-order chi connectivity index (χ1) is 8.49. The van der Waals surface area contributed by atoms with E-state index in [2.05, 4.69) is 0 Å². The predicted molar refractivity (Wildman–Crippen MR) is 66.0 cm³/mol. The Bertz CT molecular complexity index is 421. The summed E-state index contributed by atoms with van der Waals surface area (Å²) < 4.78 is 5.01. The Morgan fingerprint density at radius 1 is 1.44 bits per heavy atom. The van der Waals surface area contributed by atoms with Crippen molar-refractivity contribution in [2.24, 2.45) is 0 Å². The molecule has 0 aliphatic rings. The molecule has 0 saturated heterocycles. The van der Waals surface area contributed by atoms with E-state index in [0.717, 1.165) is 0 Å². The topological polar surface area (TPSA) is 87.0 Å². The number of carboxylic acids is 1. The number of hydrogen-bond donors (Lipinski definition) is 3. The Morgan fingerprint density at radius 2 is 2.11 bits per heavy atom. The highest BCUT2D eigenvalue weighted by Crippen LogP contribution is 2.26. The lowest BCUT2D eigenvalue weighted by atomic mass is 9.97. The summed E-state index contributed by atoms with van der Waals surface area (Å²) in [6.07, 6.45) is -2.65. The number of carboxylic acid groups (broad SMARTS) is 1. The molecule has 0 saturated carbocycles. The Labute approximate surface area is 110 Å². The van der Waals surface area contributed by atoms with Crippen molar-refractivity contribution in [3.05, 3.63) is 29.3 Å². The van der Waals surface area contributed by atoms with Crippen LogP contribution in [-0.4, -0.2) is 40.4 Å². The van der Waals surface area contributed by atoms with Gasteiger partial charge in [0.25, 0.3) is 0 Å². The van der Waals surface area contributed by atoms with Crippen LogP contribution in [0.5, 0.6) is 5.75 Å². The van der Waals surface area contributed by atoms with E-state index in [0.29, 0.717) is 16.9 Å². The smallest absolute Gasteiger partial charge is 0.307 e. The third kappa shape index (κ3) is 3.60. The van der Waals surface area contributed by atoms with E-state index in [-0.39, 0.29) is 12.3 Å². The lowest BCUT2D eigenvalue weighted by Crippen LogP contribution is -2.21. The maximum Gasteiger partial charge on any atom is 0.307 e. The molecule has 0 amide bonds. The number of methoxy groups -OCH3 is 1. The van der Waals surface area contributed by atoms with E-state index in [9.17, 15) is 15.0 Å². The second-order valence-electron chi connectivity index (χ2n) is 3.80. The number of ether oxygens (including phenoxy) is 1. The van der Waals surface area contributed by atoms with Crippen LogP contribution in [0, 0.1) is 0 Å². The van der Waals surface area contributed by atoms with Crippen molar-refractivity contribution in [2.45, 2.75) is 18.6 Å². The minimum absolute atomic E-state index is 0.148. The van der Waals surface area contributed by atoms with Crippen LogP contribution in [0.1, 0.15) is 17.2 Å². The van der Waals surface area contributed by atoms with E-state index in [1.807, 2.05) is 0 Å². The molecule has 1 aromatic rings. The van der Waals surface area contributed by atoms with Crippen molar-refractivity contribution < 1.29 is 24.9 Å². The molecular weight excluding hydrogens is 260 g/mol. The highest BCUT2D eigenvalue weighted by molar-refractivity contribution is 6.18. The molecule has 5 nitrogen and oxygen atoms in total. The van der Waals surface area contributed by atoms with Gasteiger partial charge in [0.05, 0.1) is 25.5 Å². The standard InChI is InChI=1S/C12H15ClO5/c1-18-8-3-2-7(4-11(15)16)9(5-8)12(17)10(14)6-13/h2-3,5,10,12,14,17H,4,6H2,1H3,(H,15,16). The molecule has 100 valence electrons. The molecule has 1 rings (SSSR count). The molecule has 2 atom stereocenters. The van der Waals surface area contributed by atoms with E-state index in [1.54, 1.807) is 12.1 Å². The first-order valence-corrected chi connectivity index (χ1v) is 5.83. The zero-order valence-corrected chi connectivity index (χ0v) is 10.6. The first-order valence-electron chi connectivity index (χ1n) is 5.30. The number of aliphatic carboxylic acids is 1. The van der Waals surface area contributed by atoms with E-state index >= 15 is 0 Å². The zero-order valence-electron chi connectivity index (χ0n) is 9.84. The lowest BCUT2D eigenvalue weighted by molar-refractivity contribution is -0.136. The molecule has 0 fully saturated rings. The van der Waals surface area contributed by atoms with Gasteiger partial charge >= 0.3 is 5.97 Å². The number of carbonyl (C=O) groups is 1. The van der Waals surface area contributed by atoms with Gasteiger partial charge in [-0.05, 0) is 23.3 Å². The van der Waals surface area contributed by atoms with Gasteiger partial charge in [0.15, 0.2) is 0 Å². The molecule has 6 heteroatoms. The van der Waals surface area contributed by atoms with Gasteiger partial charge in [-0.3, -0.25) is 4.79 Å². The maximum absolute atomic E-state index is 10.7. The summed E-state index contributed by atoms with van der Waals surface area (Å²) in [6.45, 7) is 0. The Hall–Kier alpha value is -1.30. The Balaban J connectivity index is 3.14. The average Bonchev–Trinajstić information content (AvgIpc) is 2.36. The van der Waals surface area contributed by atoms with E-state index < -0.39 is 18.2 Å². The Morgan fingerprint density at radius 3 is 2.61 bits per heavy atom. The van der Waals surface area contributed by atoms with Gasteiger partial charge in [0.2, 0.25) is 0 Å². The van der Waals surface area contributed by atoms with Crippen LogP contribution in [0.2, 0.25) is 0 Å². The van der Waals surface area contributed by atoms with Gasteiger partial charge in [-0.2, -0.15) is 0 Å². The molecule has 2 unspecified atom stereocenters. The molecule has 3 N–H and O–H groups in total. The fourth-order valence-electron chi connectivity index (χ4n) is 1.59. The van der Waals surface area contributed by atoms with Gasteiger partial charge < -0.3 is 20.1 Å². The zero-order chi connectivity index (χ0) is 13.7. The summed E-state index contributed by atoms with van der Waals surface area (Å²) >= 11 is 5.47. The molecule has 0 aromatic heterocycles. The second-order valence-corrected chi connectivity index (χ2v) is 4.11. The van der Waals surface area contributed by atoms with Gasteiger partial charge in [-0.25, -0.2) is 0 Å². The summed E-state index contributed by atoms with van der Waals surface area (Å²) in [5, 5.41) is 28.2. The molecule has 0 bridgehead atoms. The number of benzene rings is 1. The maximum atomic E-state index is 10.7. The van der Waals surface area contributed by atoms with Gasteiger partial charge in [-0.1, -0.05) is 6.07 Å². The fraction of sp³-hybridized carbons (Fsp3) is 0.417. The first kappa shape index (κ1) is 14.8. The highest BCUT2D eigenvalue weighted by Gasteiger charge is 2.22. The van der Waals surface area contributed by atoms with Crippen LogP contribution >= 0.6 is 11.6 Å². The van der Waals surface area contributed by atoms with E-state index in [4.69, 9.17) is 21.4 Å². The van der Waals surface area contributed by atoms with E-state index in [1.165, 1.54) is 13.2 Å². The molecule has 0 radical (unpaired) electrons. The second kappa shape index (κ2) is 6.58. The lowest BCUT2D eigenvalue weighted by Gasteiger charge is -2.19. The third-order valence-corrected chi connectivity index (χ3v) is 2.85. The van der Waals surface area contributed by atoms with Gasteiger partial charge in [-0.15, -0.1) is 11.6 Å². The van der Waals surface area contributed by atoms with Crippen molar-refractivity contribution in [3.8, 4) is 5.75 Å². The molecule has 18 heavy (non-hydrogen) atoms. The van der Waals surface area contributed by atoms with Gasteiger partial charge in [0, 0.05) is 0 Å². The minimum Gasteiger partial charge on any atom is -0.497 e. The number of halogens is 1. The summed E-state index contributed by atoms with van der Waals surface area (Å²) in [7, 11) is 1.46. The monoisotopic (exact) mass is 274 g/mol. The molecule has 0 aliphatic heterocycles. The number of hydrogen-bond acceptors (Lipinski definition) is 4. The Kier molecular flexibility index (Phi) is 5.40. The SMILES string of the molecule is COc1ccc(CC(=O)O)c(C(O)C(O)CCl)c1. The molecule has 1 aromatic carbocycles. The molecular formula is C12H15ClO5. The quantitative estimate of drug-likeness (QED) is 0.673. The number of alkyl halides is 1. The molecule has 0 spiro atoms. The molecule has 0 aliphatic carbocycles. The van der Waals surface area contributed by atoms with Gasteiger partial charge in [0.1, 0.15) is 11.9 Å². The average molecular weight is 275 g/mol.